The highest BCUT2D eigenvalue weighted by molar-refractivity contribution is 6.06. The van der Waals surface area contributed by atoms with Crippen molar-refractivity contribution in [2.24, 2.45) is 0 Å². The standard InChI is InChI=1S/C24H31N5O/c1-19-7-5-11-22(28-15-13-25-14-16-28)23(27-18-20-8-6-12-26-17-20)24(30)29(19)21-9-3-2-4-10-21/h2-4,6,8-10,12,17,19,25,27H,5,7,11,13-16,18H2,1H3/b23-22-. The van der Waals surface area contributed by atoms with Gasteiger partial charge in [0, 0.05) is 62.5 Å². The zero-order chi connectivity index (χ0) is 20.8. The minimum absolute atomic E-state index is 0.0609. The molecule has 0 bridgehead atoms. The Morgan fingerprint density at radius 2 is 1.93 bits per heavy atom. The molecule has 0 radical (unpaired) electrons. The molecule has 3 heterocycles. The van der Waals surface area contributed by atoms with Gasteiger partial charge in [-0.2, -0.15) is 0 Å². The number of nitrogens with zero attached hydrogens (tertiary/aromatic N) is 3. The summed E-state index contributed by atoms with van der Waals surface area (Å²) in [5.41, 5.74) is 3.91. The van der Waals surface area contributed by atoms with Gasteiger partial charge in [-0.15, -0.1) is 0 Å². The highest BCUT2D eigenvalue weighted by atomic mass is 16.2. The van der Waals surface area contributed by atoms with Gasteiger partial charge in [0.1, 0.15) is 5.70 Å². The average Bonchev–Trinajstić information content (AvgIpc) is 2.79. The van der Waals surface area contributed by atoms with E-state index in [0.717, 1.165) is 68.1 Å². The highest BCUT2D eigenvalue weighted by Crippen LogP contribution is 2.28. The van der Waals surface area contributed by atoms with E-state index in [0.29, 0.717) is 6.54 Å². The largest absolute Gasteiger partial charge is 0.375 e. The molecule has 30 heavy (non-hydrogen) atoms. The molecule has 1 saturated heterocycles. The number of rotatable bonds is 5. The van der Waals surface area contributed by atoms with Crippen LogP contribution in [0.15, 0.2) is 66.3 Å². The molecule has 2 aliphatic heterocycles. The topological polar surface area (TPSA) is 60.5 Å². The first-order valence-corrected chi connectivity index (χ1v) is 10.9. The Kier molecular flexibility index (Phi) is 6.64. The summed E-state index contributed by atoms with van der Waals surface area (Å²) in [4.78, 5) is 22.5. The van der Waals surface area contributed by atoms with Gasteiger partial charge in [0.15, 0.2) is 0 Å². The predicted molar refractivity (Wildman–Crippen MR) is 120 cm³/mol. The molecule has 6 nitrogen and oxygen atoms in total. The van der Waals surface area contributed by atoms with E-state index in [4.69, 9.17) is 0 Å². The highest BCUT2D eigenvalue weighted by Gasteiger charge is 2.31. The summed E-state index contributed by atoms with van der Waals surface area (Å²) in [6, 6.07) is 14.2. The predicted octanol–water partition coefficient (Wildman–Crippen LogP) is 2.89. The van der Waals surface area contributed by atoms with Gasteiger partial charge in [-0.1, -0.05) is 24.3 Å². The Labute approximate surface area is 179 Å². The zero-order valence-corrected chi connectivity index (χ0v) is 17.7. The number of piperazine rings is 1. The zero-order valence-electron chi connectivity index (χ0n) is 17.7. The maximum Gasteiger partial charge on any atom is 0.276 e. The number of amides is 1. The molecule has 2 aliphatic rings. The molecule has 0 spiro atoms. The molecule has 4 rings (SSSR count). The number of carbonyl (C=O) groups is 1. The van der Waals surface area contributed by atoms with Crippen LogP contribution in [0.4, 0.5) is 5.69 Å². The van der Waals surface area contributed by atoms with Crippen LogP contribution in [0.1, 0.15) is 31.7 Å². The summed E-state index contributed by atoms with van der Waals surface area (Å²) < 4.78 is 0. The summed E-state index contributed by atoms with van der Waals surface area (Å²) in [5, 5.41) is 6.93. The Balaban J connectivity index is 1.71. The van der Waals surface area contributed by atoms with Gasteiger partial charge in [-0.25, -0.2) is 0 Å². The van der Waals surface area contributed by atoms with Crippen LogP contribution in [-0.2, 0) is 11.3 Å². The first-order valence-electron chi connectivity index (χ1n) is 10.9. The monoisotopic (exact) mass is 405 g/mol. The molecule has 0 aliphatic carbocycles. The summed E-state index contributed by atoms with van der Waals surface area (Å²) >= 11 is 0. The summed E-state index contributed by atoms with van der Waals surface area (Å²) in [5.74, 6) is 0.0609. The first kappa shape index (κ1) is 20.4. The van der Waals surface area contributed by atoms with Crippen molar-refractivity contribution in [2.45, 2.75) is 38.8 Å². The van der Waals surface area contributed by atoms with Crippen LogP contribution in [0.5, 0.6) is 0 Å². The van der Waals surface area contributed by atoms with Crippen molar-refractivity contribution in [2.75, 3.05) is 31.1 Å². The normalized spacial score (nSPS) is 23.1. The Morgan fingerprint density at radius 1 is 1.13 bits per heavy atom. The second-order valence-corrected chi connectivity index (χ2v) is 8.03. The van der Waals surface area contributed by atoms with E-state index < -0.39 is 0 Å². The molecule has 1 atom stereocenters. The van der Waals surface area contributed by atoms with Gasteiger partial charge in [0.25, 0.3) is 5.91 Å². The van der Waals surface area contributed by atoms with E-state index in [1.54, 1.807) is 6.20 Å². The molecule has 2 aromatic rings. The third-order valence-corrected chi connectivity index (χ3v) is 5.92. The van der Waals surface area contributed by atoms with Crippen molar-refractivity contribution in [1.82, 2.24) is 20.5 Å². The van der Waals surface area contributed by atoms with E-state index in [-0.39, 0.29) is 11.9 Å². The maximum atomic E-state index is 13.9. The van der Waals surface area contributed by atoms with E-state index in [2.05, 4.69) is 27.4 Å². The van der Waals surface area contributed by atoms with Gasteiger partial charge >= 0.3 is 0 Å². The summed E-state index contributed by atoms with van der Waals surface area (Å²) in [7, 11) is 0. The number of nitrogens with one attached hydrogen (secondary N) is 2. The molecular formula is C24H31N5O. The molecule has 158 valence electrons. The van der Waals surface area contributed by atoms with Crippen molar-refractivity contribution in [3.05, 3.63) is 71.8 Å². The Morgan fingerprint density at radius 3 is 2.67 bits per heavy atom. The number of aromatic nitrogens is 1. The number of hydrogen-bond donors (Lipinski definition) is 2. The van der Waals surface area contributed by atoms with Crippen molar-refractivity contribution >= 4 is 11.6 Å². The van der Waals surface area contributed by atoms with E-state index >= 15 is 0 Å². The van der Waals surface area contributed by atoms with Crippen LogP contribution in [0.25, 0.3) is 0 Å². The third-order valence-electron chi connectivity index (χ3n) is 5.92. The van der Waals surface area contributed by atoms with Crippen LogP contribution >= 0.6 is 0 Å². The molecule has 6 heteroatoms. The second-order valence-electron chi connectivity index (χ2n) is 8.03. The smallest absolute Gasteiger partial charge is 0.276 e. The first-order chi connectivity index (χ1) is 14.7. The number of hydrogen-bond acceptors (Lipinski definition) is 5. The van der Waals surface area contributed by atoms with Gasteiger partial charge in [-0.05, 0) is 49.9 Å². The Bertz CT molecular complexity index is 862. The molecule has 1 aromatic heterocycles. The molecule has 1 amide bonds. The maximum absolute atomic E-state index is 13.9. The quantitative estimate of drug-likeness (QED) is 0.801. The second kappa shape index (κ2) is 9.76. The van der Waals surface area contributed by atoms with Crippen molar-refractivity contribution in [3.8, 4) is 0 Å². The van der Waals surface area contributed by atoms with Crippen LogP contribution in [0.2, 0.25) is 0 Å². The van der Waals surface area contributed by atoms with Crippen LogP contribution in [0.3, 0.4) is 0 Å². The number of anilines is 1. The SMILES string of the molecule is CC1CCC/C(N2CCNCC2)=C(/NCc2cccnc2)C(=O)N1c1ccccc1. The number of para-hydroxylation sites is 1. The van der Waals surface area contributed by atoms with Crippen molar-refractivity contribution in [1.29, 1.82) is 0 Å². The molecule has 1 aromatic carbocycles. The molecule has 1 fully saturated rings. The lowest BCUT2D eigenvalue weighted by atomic mass is 10.0. The number of carbonyl (C=O) groups excluding carboxylic acids is 1. The van der Waals surface area contributed by atoms with Crippen molar-refractivity contribution in [3.63, 3.8) is 0 Å². The fourth-order valence-electron chi connectivity index (χ4n) is 4.35. The molecule has 2 N–H and O–H groups in total. The van der Waals surface area contributed by atoms with Crippen LogP contribution < -0.4 is 15.5 Å². The lowest BCUT2D eigenvalue weighted by molar-refractivity contribution is -0.116. The number of benzene rings is 1. The lowest BCUT2D eigenvalue weighted by Crippen LogP contribution is -2.48. The van der Waals surface area contributed by atoms with Gasteiger partial charge in [-0.3, -0.25) is 9.78 Å². The van der Waals surface area contributed by atoms with E-state index in [1.165, 1.54) is 0 Å². The fraction of sp³-hybridized carbons (Fsp3) is 0.417. The van der Waals surface area contributed by atoms with Gasteiger partial charge in [0.05, 0.1) is 0 Å². The fourth-order valence-corrected chi connectivity index (χ4v) is 4.35. The molecule has 0 saturated carbocycles. The number of allylic oxidation sites excluding steroid dienone is 1. The van der Waals surface area contributed by atoms with E-state index in [1.807, 2.05) is 53.6 Å². The van der Waals surface area contributed by atoms with Crippen LogP contribution in [0, 0.1) is 0 Å². The summed E-state index contributed by atoms with van der Waals surface area (Å²) in [6.45, 7) is 6.50. The third kappa shape index (κ3) is 4.65. The number of pyridine rings is 1. The average molecular weight is 406 g/mol. The lowest BCUT2D eigenvalue weighted by Gasteiger charge is -2.38. The molecular weight excluding hydrogens is 374 g/mol. The minimum atomic E-state index is 0.0609. The summed E-state index contributed by atoms with van der Waals surface area (Å²) in [6.07, 6.45) is 6.60. The van der Waals surface area contributed by atoms with Gasteiger partial charge < -0.3 is 20.4 Å². The minimum Gasteiger partial charge on any atom is -0.375 e. The van der Waals surface area contributed by atoms with E-state index in [9.17, 15) is 4.79 Å². The van der Waals surface area contributed by atoms with Crippen LogP contribution in [-0.4, -0.2) is 48.0 Å². The van der Waals surface area contributed by atoms with Gasteiger partial charge in [0.2, 0.25) is 0 Å². The Hall–Kier alpha value is -2.86. The van der Waals surface area contributed by atoms with Crippen molar-refractivity contribution < 1.29 is 4.79 Å². The molecule has 1 unspecified atom stereocenters.